The summed E-state index contributed by atoms with van der Waals surface area (Å²) < 4.78 is 5.86. The first-order valence-corrected chi connectivity index (χ1v) is 6.58. The lowest BCUT2D eigenvalue weighted by molar-refractivity contribution is 0.239. The summed E-state index contributed by atoms with van der Waals surface area (Å²) in [5.41, 5.74) is 2.35. The van der Waals surface area contributed by atoms with Crippen molar-refractivity contribution in [1.82, 2.24) is 10.2 Å². The fraction of sp³-hybridized carbons (Fsp3) is 0.533. The van der Waals surface area contributed by atoms with E-state index in [1.165, 1.54) is 5.56 Å². The number of rotatable bonds is 4. The summed E-state index contributed by atoms with van der Waals surface area (Å²) in [4.78, 5) is 6.16. The standard InChI is InChI=1S/C15H25N3O.HI/c1-11(2)19-14-9-12(3)7-8-13(14)10-17-15(16-4)18(5)6;/h7-9,11H,10H2,1-6H3,(H,16,17);1H. The first-order chi connectivity index (χ1) is 8.93. The number of guanidine groups is 1. The van der Waals surface area contributed by atoms with E-state index in [1.54, 1.807) is 7.05 Å². The Bertz CT molecular complexity index is 445. The molecule has 1 rings (SSSR count). The molecule has 0 saturated carbocycles. The third-order valence-electron chi connectivity index (χ3n) is 2.66. The van der Waals surface area contributed by atoms with Crippen molar-refractivity contribution in [2.75, 3.05) is 21.1 Å². The van der Waals surface area contributed by atoms with Gasteiger partial charge in [-0.2, -0.15) is 0 Å². The van der Waals surface area contributed by atoms with E-state index in [2.05, 4.69) is 35.4 Å². The molecule has 1 aromatic carbocycles. The van der Waals surface area contributed by atoms with Gasteiger partial charge in [0.1, 0.15) is 5.75 Å². The van der Waals surface area contributed by atoms with Crippen LogP contribution in [-0.4, -0.2) is 38.1 Å². The monoisotopic (exact) mass is 391 g/mol. The van der Waals surface area contributed by atoms with Gasteiger partial charge in [0.05, 0.1) is 6.10 Å². The lowest BCUT2D eigenvalue weighted by Crippen LogP contribution is -2.35. The lowest BCUT2D eigenvalue weighted by Gasteiger charge is -2.19. The molecule has 1 N–H and O–H groups in total. The molecule has 0 aliphatic heterocycles. The number of benzene rings is 1. The highest BCUT2D eigenvalue weighted by Gasteiger charge is 2.08. The molecular weight excluding hydrogens is 365 g/mol. The van der Waals surface area contributed by atoms with Gasteiger partial charge < -0.3 is 15.0 Å². The van der Waals surface area contributed by atoms with Crippen LogP contribution < -0.4 is 10.1 Å². The smallest absolute Gasteiger partial charge is 0.193 e. The number of aliphatic imine (C=N–C) groups is 1. The topological polar surface area (TPSA) is 36.9 Å². The number of ether oxygens (including phenoxy) is 1. The van der Waals surface area contributed by atoms with Crippen LogP contribution >= 0.6 is 24.0 Å². The zero-order chi connectivity index (χ0) is 14.4. The fourth-order valence-electron chi connectivity index (χ4n) is 1.78. The van der Waals surface area contributed by atoms with Crippen LogP contribution in [0.5, 0.6) is 5.75 Å². The van der Waals surface area contributed by atoms with E-state index in [0.29, 0.717) is 6.54 Å². The molecule has 0 radical (unpaired) electrons. The Morgan fingerprint density at radius 2 is 2.00 bits per heavy atom. The quantitative estimate of drug-likeness (QED) is 0.487. The number of nitrogens with zero attached hydrogens (tertiary/aromatic N) is 2. The summed E-state index contributed by atoms with van der Waals surface area (Å²) in [7, 11) is 5.72. The minimum Gasteiger partial charge on any atom is -0.491 e. The van der Waals surface area contributed by atoms with E-state index in [9.17, 15) is 0 Å². The Kier molecular flexibility index (Phi) is 8.60. The highest BCUT2D eigenvalue weighted by molar-refractivity contribution is 14.0. The number of aryl methyl sites for hydroxylation is 1. The molecule has 0 aromatic heterocycles. The highest BCUT2D eigenvalue weighted by atomic mass is 127. The Hall–Kier alpha value is -0.980. The van der Waals surface area contributed by atoms with Gasteiger partial charge in [0.25, 0.3) is 0 Å². The van der Waals surface area contributed by atoms with Crippen LogP contribution in [0.15, 0.2) is 23.2 Å². The van der Waals surface area contributed by atoms with Crippen LogP contribution in [-0.2, 0) is 6.54 Å². The van der Waals surface area contributed by atoms with Crippen LogP contribution in [0, 0.1) is 6.92 Å². The van der Waals surface area contributed by atoms with Crippen molar-refractivity contribution in [1.29, 1.82) is 0 Å². The zero-order valence-corrected chi connectivity index (χ0v) is 15.6. The maximum atomic E-state index is 5.86. The lowest BCUT2D eigenvalue weighted by atomic mass is 10.1. The Labute approximate surface area is 139 Å². The number of hydrogen-bond acceptors (Lipinski definition) is 2. The normalized spacial score (nSPS) is 11.1. The van der Waals surface area contributed by atoms with Gasteiger partial charge in [-0.1, -0.05) is 12.1 Å². The first kappa shape index (κ1) is 19.0. The van der Waals surface area contributed by atoms with Crippen LogP contribution in [0.1, 0.15) is 25.0 Å². The molecule has 0 bridgehead atoms. The van der Waals surface area contributed by atoms with Gasteiger partial charge in [-0.3, -0.25) is 4.99 Å². The van der Waals surface area contributed by atoms with E-state index in [4.69, 9.17) is 4.74 Å². The van der Waals surface area contributed by atoms with Crippen molar-refractivity contribution in [3.05, 3.63) is 29.3 Å². The number of hydrogen-bond donors (Lipinski definition) is 1. The molecule has 0 fully saturated rings. The second kappa shape index (κ2) is 9.05. The average Bonchev–Trinajstić information content (AvgIpc) is 2.31. The number of nitrogens with one attached hydrogen (secondary N) is 1. The SMILES string of the molecule is CN=C(NCc1ccc(C)cc1OC(C)C)N(C)C.I. The fourth-order valence-corrected chi connectivity index (χ4v) is 1.78. The van der Waals surface area contributed by atoms with Crippen LogP contribution in [0.2, 0.25) is 0 Å². The summed E-state index contributed by atoms with van der Waals surface area (Å²) >= 11 is 0. The average molecular weight is 391 g/mol. The molecule has 5 heteroatoms. The molecule has 0 atom stereocenters. The van der Waals surface area contributed by atoms with Gasteiger partial charge >= 0.3 is 0 Å². The predicted molar refractivity (Wildman–Crippen MR) is 96.2 cm³/mol. The minimum atomic E-state index is 0. The highest BCUT2D eigenvalue weighted by Crippen LogP contribution is 2.21. The van der Waals surface area contributed by atoms with Gasteiger partial charge in [-0.05, 0) is 32.4 Å². The largest absolute Gasteiger partial charge is 0.491 e. The van der Waals surface area contributed by atoms with Crippen molar-refractivity contribution in [3.63, 3.8) is 0 Å². The van der Waals surface area contributed by atoms with Gasteiger partial charge in [-0.15, -0.1) is 24.0 Å². The molecule has 0 heterocycles. The molecule has 4 nitrogen and oxygen atoms in total. The molecule has 114 valence electrons. The van der Waals surface area contributed by atoms with E-state index < -0.39 is 0 Å². The molecule has 0 unspecified atom stereocenters. The first-order valence-electron chi connectivity index (χ1n) is 6.58. The van der Waals surface area contributed by atoms with Crippen molar-refractivity contribution >= 4 is 29.9 Å². The van der Waals surface area contributed by atoms with Gasteiger partial charge in [0, 0.05) is 33.3 Å². The summed E-state index contributed by atoms with van der Waals surface area (Å²) in [5, 5.41) is 3.31. The third-order valence-corrected chi connectivity index (χ3v) is 2.66. The molecule has 0 aliphatic rings. The van der Waals surface area contributed by atoms with Gasteiger partial charge in [0.15, 0.2) is 5.96 Å². The van der Waals surface area contributed by atoms with E-state index >= 15 is 0 Å². The van der Waals surface area contributed by atoms with Crippen molar-refractivity contribution in [2.24, 2.45) is 4.99 Å². The van der Waals surface area contributed by atoms with Crippen molar-refractivity contribution in [2.45, 2.75) is 33.4 Å². The Morgan fingerprint density at radius 3 is 2.50 bits per heavy atom. The molecule has 0 amide bonds. The maximum absolute atomic E-state index is 5.86. The van der Waals surface area contributed by atoms with Gasteiger partial charge in [0.2, 0.25) is 0 Å². The summed E-state index contributed by atoms with van der Waals surface area (Å²) in [6.07, 6.45) is 0.175. The summed E-state index contributed by atoms with van der Waals surface area (Å²) in [5.74, 6) is 1.80. The molecule has 0 saturated heterocycles. The zero-order valence-electron chi connectivity index (χ0n) is 13.2. The predicted octanol–water partition coefficient (Wildman–Crippen LogP) is 3.04. The second-order valence-electron chi connectivity index (χ2n) is 5.07. The van der Waals surface area contributed by atoms with Crippen LogP contribution in [0.3, 0.4) is 0 Å². The molecule has 20 heavy (non-hydrogen) atoms. The second-order valence-corrected chi connectivity index (χ2v) is 5.07. The third kappa shape index (κ3) is 5.98. The molecule has 1 aromatic rings. The maximum Gasteiger partial charge on any atom is 0.193 e. The molecule has 0 spiro atoms. The van der Waals surface area contributed by atoms with E-state index in [-0.39, 0.29) is 30.1 Å². The molecular formula is C15H26IN3O. The van der Waals surface area contributed by atoms with Gasteiger partial charge in [-0.25, -0.2) is 0 Å². The van der Waals surface area contributed by atoms with Crippen molar-refractivity contribution in [3.8, 4) is 5.75 Å². The van der Waals surface area contributed by atoms with E-state index in [0.717, 1.165) is 17.3 Å². The van der Waals surface area contributed by atoms with Crippen molar-refractivity contribution < 1.29 is 4.74 Å². The van der Waals surface area contributed by atoms with Crippen LogP contribution in [0.4, 0.5) is 0 Å². The number of halogens is 1. The van der Waals surface area contributed by atoms with E-state index in [1.807, 2.05) is 32.8 Å². The summed E-state index contributed by atoms with van der Waals surface area (Å²) in [6, 6.07) is 6.28. The minimum absolute atomic E-state index is 0. The van der Waals surface area contributed by atoms with Crippen LogP contribution in [0.25, 0.3) is 0 Å². The Morgan fingerprint density at radius 1 is 1.35 bits per heavy atom. The molecule has 0 aliphatic carbocycles. The summed E-state index contributed by atoms with van der Waals surface area (Å²) in [6.45, 7) is 6.85. The Balaban J connectivity index is 0.00000361.